The van der Waals surface area contributed by atoms with Crippen molar-refractivity contribution in [2.45, 2.75) is 51.9 Å². The summed E-state index contributed by atoms with van der Waals surface area (Å²) >= 11 is 0. The topological polar surface area (TPSA) is 122 Å². The van der Waals surface area contributed by atoms with Crippen molar-refractivity contribution in [3.8, 4) is 11.8 Å². The standard InChI is InChI=1S/C30H39N3O6/c1-28(2,3)39-27(37)32-20-29(4,21-38-19-23-14-10-7-11-15-23)30(26(36)31-5,18-22-12-8-6-9-13-22)33-24(34)16-17-25(33)35/h6-17,34-35H,18-21H2,1-5H3,(H,31,36)(H,32,37)/t29-,30-/m0/s1. The Kier molecular flexibility index (Phi) is 9.29. The van der Waals surface area contributed by atoms with Crippen molar-refractivity contribution in [2.75, 3.05) is 20.2 Å². The fourth-order valence-corrected chi connectivity index (χ4v) is 4.79. The highest BCUT2D eigenvalue weighted by Gasteiger charge is 2.57. The van der Waals surface area contributed by atoms with Crippen LogP contribution in [0.4, 0.5) is 4.79 Å². The van der Waals surface area contributed by atoms with Crippen molar-refractivity contribution in [3.63, 3.8) is 0 Å². The number of carbonyl (C=O) groups is 2. The molecule has 0 aliphatic rings. The van der Waals surface area contributed by atoms with E-state index in [2.05, 4.69) is 10.6 Å². The molecular weight excluding hydrogens is 498 g/mol. The quantitative estimate of drug-likeness (QED) is 0.289. The lowest BCUT2D eigenvalue weighted by atomic mass is 9.66. The number of alkyl carbamates (subject to hydrolysis) is 1. The van der Waals surface area contributed by atoms with Gasteiger partial charge in [-0.05, 0) is 31.9 Å². The number of amides is 2. The third-order valence-electron chi connectivity index (χ3n) is 6.68. The monoisotopic (exact) mass is 537 g/mol. The van der Waals surface area contributed by atoms with Crippen molar-refractivity contribution in [1.82, 2.24) is 15.2 Å². The minimum absolute atomic E-state index is 0.0188. The summed E-state index contributed by atoms with van der Waals surface area (Å²) < 4.78 is 12.9. The number of nitrogens with one attached hydrogen (secondary N) is 2. The molecule has 3 aromatic rings. The number of rotatable bonds is 11. The molecule has 9 nitrogen and oxygen atoms in total. The maximum Gasteiger partial charge on any atom is 0.407 e. The van der Waals surface area contributed by atoms with Crippen LogP contribution in [-0.4, -0.2) is 52.6 Å². The van der Waals surface area contributed by atoms with Gasteiger partial charge >= 0.3 is 6.09 Å². The maximum absolute atomic E-state index is 14.0. The molecule has 0 saturated carbocycles. The van der Waals surface area contributed by atoms with E-state index in [1.165, 1.54) is 23.7 Å². The Morgan fingerprint density at radius 2 is 1.38 bits per heavy atom. The van der Waals surface area contributed by atoms with Gasteiger partial charge in [0, 0.05) is 37.6 Å². The second-order valence-corrected chi connectivity index (χ2v) is 10.9. The van der Waals surface area contributed by atoms with Gasteiger partial charge in [0.25, 0.3) is 0 Å². The third-order valence-corrected chi connectivity index (χ3v) is 6.68. The number of nitrogens with zero attached hydrogens (tertiary/aromatic N) is 1. The van der Waals surface area contributed by atoms with Gasteiger partial charge in [-0.25, -0.2) is 4.79 Å². The number of aromatic nitrogens is 1. The molecule has 0 unspecified atom stereocenters. The van der Waals surface area contributed by atoms with Gasteiger partial charge in [-0.2, -0.15) is 0 Å². The molecule has 0 fully saturated rings. The first-order valence-corrected chi connectivity index (χ1v) is 12.9. The Balaban J connectivity index is 2.15. The summed E-state index contributed by atoms with van der Waals surface area (Å²) in [4.78, 5) is 26.8. The molecule has 1 aromatic heterocycles. The van der Waals surface area contributed by atoms with E-state index in [0.717, 1.165) is 11.1 Å². The van der Waals surface area contributed by atoms with Crippen molar-refractivity contribution in [3.05, 3.63) is 83.9 Å². The second kappa shape index (κ2) is 12.3. The van der Waals surface area contributed by atoms with E-state index in [1.54, 1.807) is 27.7 Å². The van der Waals surface area contributed by atoms with Crippen molar-refractivity contribution >= 4 is 12.0 Å². The second-order valence-electron chi connectivity index (χ2n) is 10.9. The molecule has 0 aliphatic heterocycles. The van der Waals surface area contributed by atoms with Crippen molar-refractivity contribution in [2.24, 2.45) is 5.41 Å². The van der Waals surface area contributed by atoms with Crippen molar-refractivity contribution < 1.29 is 29.3 Å². The summed E-state index contributed by atoms with van der Waals surface area (Å²) in [7, 11) is 1.49. The summed E-state index contributed by atoms with van der Waals surface area (Å²) in [5.74, 6) is -1.10. The number of hydrogen-bond acceptors (Lipinski definition) is 6. The molecule has 39 heavy (non-hydrogen) atoms. The molecule has 4 N–H and O–H groups in total. The molecule has 0 saturated heterocycles. The number of benzene rings is 2. The number of ether oxygens (including phenoxy) is 2. The van der Waals surface area contributed by atoms with E-state index in [4.69, 9.17) is 9.47 Å². The molecule has 0 bridgehead atoms. The predicted octanol–water partition coefficient (Wildman–Crippen LogP) is 4.33. The Labute approximate surface area is 229 Å². The number of carbonyl (C=O) groups excluding carboxylic acids is 2. The highest BCUT2D eigenvalue weighted by atomic mass is 16.6. The SMILES string of the molecule is CNC(=O)[C@](Cc1ccccc1)(n1c(O)ccc1O)[C@@](C)(CNC(=O)OC(C)(C)C)COCc1ccccc1. The Morgan fingerprint density at radius 3 is 1.90 bits per heavy atom. The molecule has 2 atom stereocenters. The molecule has 9 heteroatoms. The summed E-state index contributed by atoms with van der Waals surface area (Å²) in [6.45, 7) is 7.22. The summed E-state index contributed by atoms with van der Waals surface area (Å²) in [5.41, 5.74) is -1.89. The number of likely N-dealkylation sites (N-methyl/N-ethyl adjacent to an activating group) is 1. The van der Waals surface area contributed by atoms with E-state index in [1.807, 2.05) is 60.7 Å². The van der Waals surface area contributed by atoms with Crippen molar-refractivity contribution in [1.29, 1.82) is 0 Å². The van der Waals surface area contributed by atoms with Gasteiger partial charge in [0.1, 0.15) is 11.1 Å². The van der Waals surface area contributed by atoms with E-state index in [0.29, 0.717) is 0 Å². The maximum atomic E-state index is 14.0. The molecule has 1 heterocycles. The first kappa shape index (κ1) is 29.6. The van der Waals surface area contributed by atoms with Gasteiger partial charge in [0.2, 0.25) is 5.91 Å². The van der Waals surface area contributed by atoms with Gasteiger partial charge in [-0.15, -0.1) is 0 Å². The average Bonchev–Trinajstić information content (AvgIpc) is 3.23. The summed E-state index contributed by atoms with van der Waals surface area (Å²) in [5, 5.41) is 27.4. The lowest BCUT2D eigenvalue weighted by molar-refractivity contribution is -0.142. The van der Waals surface area contributed by atoms with E-state index < -0.39 is 28.6 Å². The van der Waals surface area contributed by atoms with Crippen LogP contribution in [0.5, 0.6) is 11.8 Å². The Morgan fingerprint density at radius 1 is 0.846 bits per heavy atom. The van der Waals surface area contributed by atoms with Crippen LogP contribution in [0.1, 0.15) is 38.8 Å². The average molecular weight is 538 g/mol. The summed E-state index contributed by atoms with van der Waals surface area (Å²) in [6.07, 6.45) is -0.590. The van der Waals surface area contributed by atoms with E-state index in [9.17, 15) is 19.8 Å². The molecule has 0 aliphatic carbocycles. The minimum atomic E-state index is -1.65. The first-order valence-electron chi connectivity index (χ1n) is 12.9. The van der Waals surface area contributed by atoms with E-state index >= 15 is 0 Å². The molecule has 210 valence electrons. The summed E-state index contributed by atoms with van der Waals surface area (Å²) in [6, 6.07) is 21.5. The fraction of sp³-hybridized carbons (Fsp3) is 0.400. The van der Waals surface area contributed by atoms with Gasteiger partial charge in [-0.1, -0.05) is 67.6 Å². The molecule has 2 aromatic carbocycles. The molecule has 2 amide bonds. The van der Waals surface area contributed by atoms with E-state index in [-0.39, 0.29) is 37.9 Å². The highest BCUT2D eigenvalue weighted by molar-refractivity contribution is 5.86. The zero-order chi connectivity index (χ0) is 28.7. The lowest BCUT2D eigenvalue weighted by Crippen LogP contribution is -2.64. The van der Waals surface area contributed by atoms with Crippen LogP contribution < -0.4 is 10.6 Å². The highest BCUT2D eigenvalue weighted by Crippen LogP contribution is 2.46. The van der Waals surface area contributed by atoms with Crippen LogP contribution in [0.3, 0.4) is 0 Å². The largest absolute Gasteiger partial charge is 0.494 e. The van der Waals surface area contributed by atoms with Crippen LogP contribution in [0, 0.1) is 5.41 Å². The fourth-order valence-electron chi connectivity index (χ4n) is 4.79. The molecule has 3 rings (SSSR count). The zero-order valence-corrected chi connectivity index (χ0v) is 23.2. The Bertz CT molecular complexity index is 1220. The predicted molar refractivity (Wildman–Crippen MR) is 148 cm³/mol. The number of aromatic hydroxyl groups is 2. The minimum Gasteiger partial charge on any atom is -0.494 e. The molecular formula is C30H39N3O6. The van der Waals surface area contributed by atoms with Gasteiger partial charge in [0.15, 0.2) is 11.8 Å². The number of hydrogen-bond donors (Lipinski definition) is 4. The van der Waals surface area contributed by atoms with Gasteiger partial charge < -0.3 is 30.3 Å². The normalized spacial score (nSPS) is 14.6. The zero-order valence-electron chi connectivity index (χ0n) is 23.2. The Hall–Kier alpha value is -3.98. The third kappa shape index (κ3) is 6.92. The van der Waals surface area contributed by atoms with Crippen LogP contribution in [-0.2, 0) is 32.8 Å². The lowest BCUT2D eigenvalue weighted by Gasteiger charge is -2.48. The van der Waals surface area contributed by atoms with Gasteiger partial charge in [-0.3, -0.25) is 9.36 Å². The molecule has 0 spiro atoms. The molecule has 0 radical (unpaired) electrons. The van der Waals surface area contributed by atoms with Crippen LogP contribution in [0.15, 0.2) is 72.8 Å². The van der Waals surface area contributed by atoms with Crippen LogP contribution in [0.25, 0.3) is 0 Å². The van der Waals surface area contributed by atoms with Crippen LogP contribution in [0.2, 0.25) is 0 Å². The smallest absolute Gasteiger partial charge is 0.407 e. The first-order chi connectivity index (χ1) is 18.4. The van der Waals surface area contributed by atoms with Gasteiger partial charge in [0.05, 0.1) is 13.2 Å². The van der Waals surface area contributed by atoms with Crippen LogP contribution >= 0.6 is 0 Å².